The van der Waals surface area contributed by atoms with Gasteiger partial charge in [0, 0.05) is 6.66 Å². The molecule has 146 valence electrons. The molecule has 7 heteroatoms. The minimum Gasteiger partial charge on any atom is -0.344 e. The van der Waals surface area contributed by atoms with Gasteiger partial charge in [0.2, 0.25) is 7.37 Å². The first-order chi connectivity index (χ1) is 11.7. The first-order valence-electron chi connectivity index (χ1n) is 8.77. The number of carbonyl (C=O) groups excluding carboxylic acids is 1. The van der Waals surface area contributed by atoms with Gasteiger partial charge in [-0.1, -0.05) is 65.8 Å². The molecule has 0 fully saturated rings. The van der Waals surface area contributed by atoms with Crippen LogP contribution in [0.25, 0.3) is 0 Å². The Hall–Kier alpha value is -1.20. The van der Waals surface area contributed by atoms with Crippen LogP contribution in [0.2, 0.25) is 0 Å². The first-order valence-corrected chi connectivity index (χ1v) is 11.1. The van der Waals surface area contributed by atoms with E-state index in [9.17, 15) is 14.6 Å². The maximum Gasteiger partial charge on any atom is 0.260 e. The number of hydrogen-bond acceptors (Lipinski definition) is 4. The van der Waals surface area contributed by atoms with Crippen molar-refractivity contribution >= 4 is 13.3 Å². The molecule has 0 aliphatic heterocycles. The molecule has 0 heterocycles. The standard InChI is InChI=1S/C14H23N2O4P.2C2H6/c1-11(2)13-6-4-12(5-7-13)9-16(18)14(17)8-15-10-21(3,19)20;2*1-2/h4-7,11,15,18H,8-10H2,1-3H3,(H,19,20);2*1-2H3. The van der Waals surface area contributed by atoms with Gasteiger partial charge in [-0.05, 0) is 17.0 Å². The Labute approximate surface area is 152 Å². The lowest BCUT2D eigenvalue weighted by molar-refractivity contribution is -0.166. The summed E-state index contributed by atoms with van der Waals surface area (Å²) in [5.41, 5.74) is 2.01. The summed E-state index contributed by atoms with van der Waals surface area (Å²) in [6, 6.07) is 7.67. The Kier molecular flexibility index (Phi) is 14.6. The summed E-state index contributed by atoms with van der Waals surface area (Å²) >= 11 is 0. The van der Waals surface area contributed by atoms with Crippen molar-refractivity contribution in [3.05, 3.63) is 35.4 Å². The average molecular weight is 374 g/mol. The first kappa shape index (κ1) is 26.0. The fourth-order valence-corrected chi connectivity index (χ4v) is 2.26. The van der Waals surface area contributed by atoms with Crippen LogP contribution < -0.4 is 5.32 Å². The molecule has 1 atom stereocenters. The Morgan fingerprint density at radius 2 is 1.64 bits per heavy atom. The van der Waals surface area contributed by atoms with Gasteiger partial charge in [0.25, 0.3) is 5.91 Å². The Bertz CT molecular complexity index is 512. The molecule has 1 unspecified atom stereocenters. The summed E-state index contributed by atoms with van der Waals surface area (Å²) < 4.78 is 11.0. The molecule has 0 bridgehead atoms. The zero-order chi connectivity index (χ0) is 20.0. The maximum absolute atomic E-state index is 11.7. The molecule has 0 aliphatic carbocycles. The zero-order valence-electron chi connectivity index (χ0n) is 16.6. The smallest absolute Gasteiger partial charge is 0.260 e. The summed E-state index contributed by atoms with van der Waals surface area (Å²) in [6.45, 7) is 13.3. The predicted molar refractivity (Wildman–Crippen MR) is 104 cm³/mol. The van der Waals surface area contributed by atoms with Gasteiger partial charge in [-0.2, -0.15) is 0 Å². The van der Waals surface area contributed by atoms with Crippen molar-refractivity contribution in [1.29, 1.82) is 0 Å². The Morgan fingerprint density at radius 1 is 1.16 bits per heavy atom. The lowest BCUT2D eigenvalue weighted by Gasteiger charge is -2.16. The maximum atomic E-state index is 11.7. The third-order valence-electron chi connectivity index (χ3n) is 2.95. The minimum absolute atomic E-state index is 0.0851. The molecule has 3 N–H and O–H groups in total. The highest BCUT2D eigenvalue weighted by atomic mass is 31.2. The van der Waals surface area contributed by atoms with E-state index in [-0.39, 0.29) is 19.4 Å². The fourth-order valence-electron chi connectivity index (χ4n) is 1.73. The van der Waals surface area contributed by atoms with E-state index in [1.165, 1.54) is 12.2 Å². The van der Waals surface area contributed by atoms with Crippen molar-refractivity contribution < 1.29 is 19.5 Å². The molecule has 1 amide bonds. The number of hydroxylamine groups is 2. The predicted octanol–water partition coefficient (Wildman–Crippen LogP) is 4.03. The molecular weight excluding hydrogens is 339 g/mol. The van der Waals surface area contributed by atoms with Crippen molar-refractivity contribution in [3.63, 3.8) is 0 Å². The monoisotopic (exact) mass is 374 g/mol. The van der Waals surface area contributed by atoms with E-state index in [2.05, 4.69) is 19.2 Å². The Balaban J connectivity index is 0. The van der Waals surface area contributed by atoms with Gasteiger partial charge >= 0.3 is 0 Å². The van der Waals surface area contributed by atoms with Crippen LogP contribution in [0, 0.1) is 0 Å². The van der Waals surface area contributed by atoms with E-state index in [1.807, 2.05) is 52.0 Å². The third kappa shape index (κ3) is 12.8. The number of benzene rings is 1. The summed E-state index contributed by atoms with van der Waals surface area (Å²) in [5.74, 6) is -0.116. The van der Waals surface area contributed by atoms with Gasteiger partial charge in [0.1, 0.15) is 0 Å². The average Bonchev–Trinajstić information content (AvgIpc) is 2.57. The Morgan fingerprint density at radius 3 is 2.04 bits per heavy atom. The lowest BCUT2D eigenvalue weighted by atomic mass is 10.0. The SMILES string of the molecule is CC.CC.CC(C)c1ccc(CN(O)C(=O)CNCP(C)(=O)O)cc1. The lowest BCUT2D eigenvalue weighted by Crippen LogP contribution is -2.35. The van der Waals surface area contributed by atoms with E-state index in [4.69, 9.17) is 4.89 Å². The van der Waals surface area contributed by atoms with Gasteiger partial charge in [-0.3, -0.25) is 19.9 Å². The van der Waals surface area contributed by atoms with Crippen LogP contribution in [0.1, 0.15) is 58.6 Å². The highest BCUT2D eigenvalue weighted by Gasteiger charge is 2.14. The van der Waals surface area contributed by atoms with Gasteiger partial charge in [0.15, 0.2) is 0 Å². The van der Waals surface area contributed by atoms with Crippen LogP contribution in [0.3, 0.4) is 0 Å². The van der Waals surface area contributed by atoms with E-state index in [0.717, 1.165) is 5.56 Å². The summed E-state index contributed by atoms with van der Waals surface area (Å²) in [5, 5.41) is 12.8. The molecule has 6 nitrogen and oxygen atoms in total. The zero-order valence-corrected chi connectivity index (χ0v) is 17.5. The molecule has 0 radical (unpaired) electrons. The van der Waals surface area contributed by atoms with Crippen molar-refractivity contribution in [2.24, 2.45) is 0 Å². The molecule has 1 rings (SSSR count). The molecular formula is C18H35N2O4P. The second kappa shape index (κ2) is 14.0. The summed E-state index contributed by atoms with van der Waals surface area (Å²) in [4.78, 5) is 20.7. The summed E-state index contributed by atoms with van der Waals surface area (Å²) in [7, 11) is -3.20. The largest absolute Gasteiger partial charge is 0.344 e. The van der Waals surface area contributed by atoms with Crippen molar-refractivity contribution in [1.82, 2.24) is 10.4 Å². The number of nitrogens with zero attached hydrogens (tertiary/aromatic N) is 1. The van der Waals surface area contributed by atoms with Gasteiger partial charge in [-0.15, -0.1) is 0 Å². The normalized spacial score (nSPS) is 12.2. The van der Waals surface area contributed by atoms with Crippen LogP contribution in [-0.4, -0.2) is 40.6 Å². The molecule has 0 saturated heterocycles. The van der Waals surface area contributed by atoms with E-state index in [0.29, 0.717) is 11.0 Å². The highest BCUT2D eigenvalue weighted by Crippen LogP contribution is 2.32. The van der Waals surface area contributed by atoms with E-state index < -0.39 is 13.3 Å². The minimum atomic E-state index is -3.20. The molecule has 25 heavy (non-hydrogen) atoms. The van der Waals surface area contributed by atoms with Gasteiger partial charge in [-0.25, -0.2) is 5.06 Å². The topological polar surface area (TPSA) is 89.9 Å². The van der Waals surface area contributed by atoms with Crippen molar-refractivity contribution in [3.8, 4) is 0 Å². The van der Waals surface area contributed by atoms with Gasteiger partial charge < -0.3 is 4.89 Å². The van der Waals surface area contributed by atoms with Crippen LogP contribution in [-0.2, 0) is 15.9 Å². The number of rotatable bonds is 7. The fraction of sp³-hybridized carbons (Fsp3) is 0.611. The molecule has 0 aliphatic rings. The van der Waals surface area contributed by atoms with Crippen molar-refractivity contribution in [2.75, 3.05) is 19.5 Å². The molecule has 1 aromatic rings. The summed E-state index contributed by atoms with van der Waals surface area (Å²) in [6.07, 6.45) is -0.157. The molecule has 0 aromatic heterocycles. The van der Waals surface area contributed by atoms with Crippen LogP contribution in [0.4, 0.5) is 0 Å². The quantitative estimate of drug-likeness (QED) is 0.381. The second-order valence-corrected chi connectivity index (χ2v) is 7.90. The number of amides is 1. The van der Waals surface area contributed by atoms with E-state index in [1.54, 1.807) is 0 Å². The second-order valence-electron chi connectivity index (χ2n) is 5.48. The van der Waals surface area contributed by atoms with Crippen LogP contribution in [0.15, 0.2) is 24.3 Å². The third-order valence-corrected chi connectivity index (χ3v) is 3.76. The molecule has 1 aromatic carbocycles. The molecule has 0 spiro atoms. The van der Waals surface area contributed by atoms with Crippen LogP contribution in [0.5, 0.6) is 0 Å². The number of nitrogens with one attached hydrogen (secondary N) is 1. The number of hydrogen-bond donors (Lipinski definition) is 3. The van der Waals surface area contributed by atoms with Crippen LogP contribution >= 0.6 is 7.37 Å². The van der Waals surface area contributed by atoms with Crippen molar-refractivity contribution in [2.45, 2.75) is 54.0 Å². The molecule has 0 saturated carbocycles. The number of carbonyl (C=O) groups is 1. The van der Waals surface area contributed by atoms with E-state index >= 15 is 0 Å². The highest BCUT2D eigenvalue weighted by molar-refractivity contribution is 7.57. The van der Waals surface area contributed by atoms with Gasteiger partial charge in [0.05, 0.1) is 19.4 Å².